The second kappa shape index (κ2) is 6.37. The van der Waals surface area contributed by atoms with Gasteiger partial charge >= 0.3 is 0 Å². The maximum Gasteiger partial charge on any atom is 0.230 e. The first-order chi connectivity index (χ1) is 10.3. The molecule has 0 spiro atoms. The van der Waals surface area contributed by atoms with Crippen molar-refractivity contribution in [2.24, 2.45) is 0 Å². The van der Waals surface area contributed by atoms with Gasteiger partial charge in [-0.15, -0.1) is 10.2 Å². The molecule has 2 aromatic rings. The van der Waals surface area contributed by atoms with Crippen molar-refractivity contribution < 1.29 is 9.52 Å². The van der Waals surface area contributed by atoms with Gasteiger partial charge in [-0.3, -0.25) is 4.90 Å². The van der Waals surface area contributed by atoms with Gasteiger partial charge in [0.2, 0.25) is 11.8 Å². The van der Waals surface area contributed by atoms with Crippen LogP contribution in [0.4, 0.5) is 0 Å². The summed E-state index contributed by atoms with van der Waals surface area (Å²) in [6, 6.07) is 8.46. The molecule has 5 nitrogen and oxygen atoms in total. The fourth-order valence-electron chi connectivity index (χ4n) is 2.88. The van der Waals surface area contributed by atoms with Crippen LogP contribution in [-0.4, -0.2) is 39.4 Å². The van der Waals surface area contributed by atoms with Gasteiger partial charge in [-0.05, 0) is 37.4 Å². The van der Waals surface area contributed by atoms with Crippen LogP contribution in [0, 0.1) is 6.92 Å². The van der Waals surface area contributed by atoms with E-state index in [1.54, 1.807) is 0 Å². The van der Waals surface area contributed by atoms with Crippen molar-refractivity contribution >= 4 is 0 Å². The van der Waals surface area contributed by atoms with Crippen molar-refractivity contribution in [1.82, 2.24) is 15.1 Å². The zero-order valence-corrected chi connectivity index (χ0v) is 12.3. The maximum atomic E-state index is 9.34. The molecule has 1 N–H and O–H groups in total. The molecule has 0 radical (unpaired) electrons. The summed E-state index contributed by atoms with van der Waals surface area (Å²) in [5, 5.41) is 17.6. The Morgan fingerprint density at radius 2 is 2.10 bits per heavy atom. The third-order valence-electron chi connectivity index (χ3n) is 4.16. The monoisotopic (exact) mass is 287 g/mol. The molecule has 0 unspecified atom stereocenters. The van der Waals surface area contributed by atoms with Crippen molar-refractivity contribution in [3.8, 4) is 0 Å². The van der Waals surface area contributed by atoms with E-state index in [1.807, 2.05) is 12.1 Å². The van der Waals surface area contributed by atoms with Gasteiger partial charge in [-0.2, -0.15) is 0 Å². The molecular formula is C16H21N3O2. The fourth-order valence-corrected chi connectivity index (χ4v) is 2.88. The molecule has 0 aliphatic carbocycles. The number of benzene rings is 1. The molecular weight excluding hydrogens is 266 g/mol. The normalized spacial score (nSPS) is 19.2. The summed E-state index contributed by atoms with van der Waals surface area (Å²) in [6.45, 7) is 3.90. The lowest BCUT2D eigenvalue weighted by molar-refractivity contribution is 0.144. The van der Waals surface area contributed by atoms with E-state index in [4.69, 9.17) is 4.42 Å². The Balaban J connectivity index is 1.65. The average molecular weight is 287 g/mol. The van der Waals surface area contributed by atoms with Gasteiger partial charge in [0.1, 0.15) is 0 Å². The minimum Gasteiger partial charge on any atom is -0.424 e. The Bertz CT molecular complexity index is 597. The second-order valence-corrected chi connectivity index (χ2v) is 5.64. The van der Waals surface area contributed by atoms with E-state index in [9.17, 15) is 5.11 Å². The Hall–Kier alpha value is -1.72. The van der Waals surface area contributed by atoms with E-state index in [0.29, 0.717) is 24.7 Å². The van der Waals surface area contributed by atoms with Crippen LogP contribution in [0.3, 0.4) is 0 Å². The van der Waals surface area contributed by atoms with Gasteiger partial charge in [0.15, 0.2) is 0 Å². The van der Waals surface area contributed by atoms with Crippen LogP contribution in [0.1, 0.15) is 35.7 Å². The number of aryl methyl sites for hydroxylation is 1. The van der Waals surface area contributed by atoms with E-state index >= 15 is 0 Å². The number of aromatic nitrogens is 2. The number of hydrogen-bond donors (Lipinski definition) is 1. The molecule has 5 heteroatoms. The molecule has 3 rings (SSSR count). The highest BCUT2D eigenvalue weighted by atomic mass is 16.4. The third-order valence-corrected chi connectivity index (χ3v) is 4.16. The number of aliphatic hydroxyl groups excluding tert-OH is 1. The number of rotatable bonds is 5. The van der Waals surface area contributed by atoms with E-state index in [1.165, 1.54) is 11.1 Å². The molecule has 1 saturated heterocycles. The summed E-state index contributed by atoms with van der Waals surface area (Å²) in [4.78, 5) is 2.21. The van der Waals surface area contributed by atoms with Crippen molar-refractivity contribution in [2.75, 3.05) is 13.2 Å². The van der Waals surface area contributed by atoms with Gasteiger partial charge in [0.25, 0.3) is 0 Å². The summed E-state index contributed by atoms with van der Waals surface area (Å²) in [5.41, 5.74) is 2.44. The lowest BCUT2D eigenvalue weighted by Gasteiger charge is -2.20. The van der Waals surface area contributed by atoms with Crippen LogP contribution >= 0.6 is 0 Å². The quantitative estimate of drug-likeness (QED) is 0.910. The highest BCUT2D eigenvalue weighted by molar-refractivity contribution is 5.27. The molecule has 1 aromatic carbocycles. The molecule has 112 valence electrons. The predicted molar refractivity (Wildman–Crippen MR) is 78.8 cm³/mol. The number of aliphatic hydroxyl groups is 1. The third kappa shape index (κ3) is 3.31. The van der Waals surface area contributed by atoms with Crippen molar-refractivity contribution in [3.05, 3.63) is 47.2 Å². The Morgan fingerprint density at radius 3 is 2.90 bits per heavy atom. The van der Waals surface area contributed by atoms with Crippen molar-refractivity contribution in [2.45, 2.75) is 38.8 Å². The molecule has 0 bridgehead atoms. The zero-order valence-electron chi connectivity index (χ0n) is 12.3. The standard InChI is InChI=1S/C16H21N3O2/c1-12-5-2-3-6-13(12)9-15-17-18-16(21-15)10-19-8-4-7-14(19)11-20/h2-3,5-6,14,20H,4,7-11H2,1H3/t14-/m1/s1. The molecule has 1 aromatic heterocycles. The highest BCUT2D eigenvalue weighted by Gasteiger charge is 2.25. The van der Waals surface area contributed by atoms with Crippen LogP contribution in [0.2, 0.25) is 0 Å². The largest absolute Gasteiger partial charge is 0.424 e. The van der Waals surface area contributed by atoms with Gasteiger partial charge in [0.05, 0.1) is 19.6 Å². The van der Waals surface area contributed by atoms with E-state index < -0.39 is 0 Å². The highest BCUT2D eigenvalue weighted by Crippen LogP contribution is 2.20. The first-order valence-electron chi connectivity index (χ1n) is 7.47. The summed E-state index contributed by atoms with van der Waals surface area (Å²) >= 11 is 0. The summed E-state index contributed by atoms with van der Waals surface area (Å²) in [6.07, 6.45) is 2.83. The van der Waals surface area contributed by atoms with Crippen LogP contribution in [-0.2, 0) is 13.0 Å². The predicted octanol–water partition coefficient (Wildman–Crippen LogP) is 1.93. The first kappa shape index (κ1) is 14.2. The zero-order chi connectivity index (χ0) is 14.7. The molecule has 1 atom stereocenters. The lowest BCUT2D eigenvalue weighted by atomic mass is 10.1. The Labute approximate surface area is 124 Å². The van der Waals surface area contributed by atoms with Gasteiger partial charge in [-0.25, -0.2) is 0 Å². The number of hydrogen-bond acceptors (Lipinski definition) is 5. The molecule has 0 amide bonds. The molecule has 1 aliphatic heterocycles. The van der Waals surface area contributed by atoms with E-state index in [2.05, 4.69) is 34.2 Å². The summed E-state index contributed by atoms with van der Waals surface area (Å²) in [5.74, 6) is 1.29. The molecule has 0 saturated carbocycles. The van der Waals surface area contributed by atoms with Crippen molar-refractivity contribution in [1.29, 1.82) is 0 Å². The number of likely N-dealkylation sites (tertiary alicyclic amines) is 1. The SMILES string of the molecule is Cc1ccccc1Cc1nnc(CN2CCC[C@@H]2CO)o1. The molecule has 1 aliphatic rings. The van der Waals surface area contributed by atoms with Crippen LogP contribution in [0.15, 0.2) is 28.7 Å². The number of nitrogens with zero attached hydrogens (tertiary/aromatic N) is 3. The second-order valence-electron chi connectivity index (χ2n) is 5.64. The Morgan fingerprint density at radius 1 is 1.29 bits per heavy atom. The van der Waals surface area contributed by atoms with Gasteiger partial charge in [0, 0.05) is 6.04 Å². The fraction of sp³-hybridized carbons (Fsp3) is 0.500. The summed E-state index contributed by atoms with van der Waals surface area (Å²) in [7, 11) is 0. The topological polar surface area (TPSA) is 62.4 Å². The first-order valence-corrected chi connectivity index (χ1v) is 7.47. The van der Waals surface area contributed by atoms with E-state index in [0.717, 1.165) is 19.4 Å². The molecule has 1 fully saturated rings. The minimum absolute atomic E-state index is 0.199. The summed E-state index contributed by atoms with van der Waals surface area (Å²) < 4.78 is 5.75. The Kier molecular flexibility index (Phi) is 4.31. The average Bonchev–Trinajstić information content (AvgIpc) is 3.11. The van der Waals surface area contributed by atoms with Gasteiger partial charge < -0.3 is 9.52 Å². The van der Waals surface area contributed by atoms with Crippen LogP contribution in [0.5, 0.6) is 0 Å². The smallest absolute Gasteiger partial charge is 0.230 e. The van der Waals surface area contributed by atoms with E-state index in [-0.39, 0.29) is 12.6 Å². The van der Waals surface area contributed by atoms with Crippen LogP contribution < -0.4 is 0 Å². The molecule has 21 heavy (non-hydrogen) atoms. The van der Waals surface area contributed by atoms with Gasteiger partial charge in [-0.1, -0.05) is 24.3 Å². The van der Waals surface area contributed by atoms with Crippen LogP contribution in [0.25, 0.3) is 0 Å². The maximum absolute atomic E-state index is 9.34. The lowest BCUT2D eigenvalue weighted by Crippen LogP contribution is -2.31. The molecule has 2 heterocycles. The minimum atomic E-state index is 0.199. The van der Waals surface area contributed by atoms with Crippen molar-refractivity contribution in [3.63, 3.8) is 0 Å².